The Morgan fingerprint density at radius 1 is 0.929 bits per heavy atom. The Hall–Kier alpha value is -2.32. The maximum atomic E-state index is 3.59. The fourth-order valence-electron chi connectivity index (χ4n) is 5.06. The first-order valence-corrected chi connectivity index (χ1v) is 10.7. The summed E-state index contributed by atoms with van der Waals surface area (Å²) in [5.74, 6) is 0. The van der Waals surface area contributed by atoms with Crippen LogP contribution < -0.4 is 0 Å². The molecule has 0 unspecified atom stereocenters. The van der Waals surface area contributed by atoms with Crippen LogP contribution in [-0.4, -0.2) is 4.98 Å². The number of fused-ring (bicyclic) bond motifs is 3. The van der Waals surface area contributed by atoms with Crippen LogP contribution in [0.15, 0.2) is 58.7 Å². The van der Waals surface area contributed by atoms with Gasteiger partial charge in [-0.05, 0) is 93.0 Å². The number of aryl methyl sites for hydroxylation is 2. The van der Waals surface area contributed by atoms with Gasteiger partial charge >= 0.3 is 0 Å². The topological polar surface area (TPSA) is 15.8 Å². The van der Waals surface area contributed by atoms with Gasteiger partial charge in [0.15, 0.2) is 0 Å². The third-order valence-corrected chi connectivity index (χ3v) is 7.01. The lowest BCUT2D eigenvalue weighted by Gasteiger charge is -2.28. The lowest BCUT2D eigenvalue weighted by atomic mass is 9.75. The van der Waals surface area contributed by atoms with E-state index in [1.54, 1.807) is 0 Å². The standard InChI is InChI=1S/C26H24BrN/c1-15-11-21-16(2)20-9-10-24(27)28-23(20)14-22(21)25(15)26(3,4)19-12-17-7-5-6-8-18(17)13-19/h5-12,14,28H,13H2,1-4H3. The van der Waals surface area contributed by atoms with Crippen molar-refractivity contribution in [2.24, 2.45) is 0 Å². The summed E-state index contributed by atoms with van der Waals surface area (Å²) in [6.07, 6.45) is 3.45. The van der Waals surface area contributed by atoms with E-state index in [0.29, 0.717) is 0 Å². The molecule has 0 fully saturated rings. The number of aromatic nitrogens is 1. The summed E-state index contributed by atoms with van der Waals surface area (Å²) >= 11 is 3.59. The zero-order chi connectivity index (χ0) is 19.6. The Balaban J connectivity index is 1.75. The predicted molar refractivity (Wildman–Crippen MR) is 124 cm³/mol. The molecule has 2 heteroatoms. The van der Waals surface area contributed by atoms with Gasteiger partial charge in [0, 0.05) is 16.3 Å². The van der Waals surface area contributed by atoms with Crippen LogP contribution in [0.5, 0.6) is 0 Å². The van der Waals surface area contributed by atoms with Gasteiger partial charge in [-0.15, -0.1) is 0 Å². The molecule has 1 aliphatic rings. The Labute approximate surface area is 174 Å². The monoisotopic (exact) mass is 429 g/mol. The number of H-pyrrole nitrogens is 1. The number of nitrogens with one attached hydrogen (secondary N) is 1. The number of allylic oxidation sites excluding steroid dienone is 1. The number of benzene rings is 2. The van der Waals surface area contributed by atoms with Gasteiger partial charge in [0.05, 0.1) is 4.60 Å². The summed E-state index contributed by atoms with van der Waals surface area (Å²) < 4.78 is 1.01. The minimum atomic E-state index is -0.0169. The van der Waals surface area contributed by atoms with Gasteiger partial charge < -0.3 is 4.98 Å². The molecule has 1 aromatic heterocycles. The molecule has 0 spiro atoms. The summed E-state index contributed by atoms with van der Waals surface area (Å²) in [4.78, 5) is 3.50. The van der Waals surface area contributed by atoms with Gasteiger partial charge in [0.1, 0.15) is 0 Å². The molecular weight excluding hydrogens is 406 g/mol. The molecule has 0 atom stereocenters. The first-order valence-electron chi connectivity index (χ1n) is 9.87. The smallest absolute Gasteiger partial charge is 0.0824 e. The van der Waals surface area contributed by atoms with Gasteiger partial charge in [0.2, 0.25) is 0 Å². The molecule has 1 heterocycles. The Bertz CT molecular complexity index is 1290. The molecule has 0 amide bonds. The molecule has 0 radical (unpaired) electrons. The number of hydrogen-bond acceptors (Lipinski definition) is 0. The number of aromatic amines is 1. The third kappa shape index (κ3) is 2.51. The van der Waals surface area contributed by atoms with Crippen LogP contribution in [0.1, 0.15) is 41.7 Å². The van der Waals surface area contributed by atoms with Gasteiger partial charge in [-0.2, -0.15) is 0 Å². The maximum absolute atomic E-state index is 3.59. The van der Waals surface area contributed by atoms with E-state index in [4.69, 9.17) is 0 Å². The summed E-state index contributed by atoms with van der Waals surface area (Å²) in [6, 6.07) is 17.8. The molecular formula is C26H24BrN. The molecule has 0 aliphatic heterocycles. The van der Waals surface area contributed by atoms with Crippen LogP contribution in [-0.2, 0) is 11.8 Å². The average molecular weight is 430 g/mol. The van der Waals surface area contributed by atoms with E-state index in [1.807, 2.05) is 0 Å². The van der Waals surface area contributed by atoms with Crippen molar-refractivity contribution in [2.45, 2.75) is 39.5 Å². The van der Waals surface area contributed by atoms with Crippen molar-refractivity contribution in [2.75, 3.05) is 0 Å². The van der Waals surface area contributed by atoms with Crippen molar-refractivity contribution >= 4 is 43.7 Å². The second kappa shape index (κ2) is 6.09. The van der Waals surface area contributed by atoms with Crippen LogP contribution >= 0.6 is 15.9 Å². The highest BCUT2D eigenvalue weighted by Crippen LogP contribution is 2.45. The molecule has 140 valence electrons. The molecule has 4 aromatic rings. The second-order valence-corrected chi connectivity index (χ2v) is 9.46. The average Bonchev–Trinajstić information content (AvgIpc) is 3.23. The van der Waals surface area contributed by atoms with Crippen molar-refractivity contribution in [1.82, 2.24) is 4.98 Å². The third-order valence-electron chi connectivity index (χ3n) is 6.55. The van der Waals surface area contributed by atoms with E-state index in [2.05, 4.69) is 103 Å². The fourth-order valence-corrected chi connectivity index (χ4v) is 5.41. The largest absolute Gasteiger partial charge is 0.349 e. The summed E-state index contributed by atoms with van der Waals surface area (Å²) in [7, 11) is 0. The van der Waals surface area contributed by atoms with Crippen molar-refractivity contribution in [3.05, 3.63) is 86.5 Å². The minimum Gasteiger partial charge on any atom is -0.349 e. The van der Waals surface area contributed by atoms with Crippen LogP contribution in [0, 0.1) is 13.8 Å². The molecule has 1 nitrogen and oxygen atoms in total. The van der Waals surface area contributed by atoms with E-state index < -0.39 is 0 Å². The quantitative estimate of drug-likeness (QED) is 0.315. The fraction of sp³-hybridized carbons (Fsp3) is 0.231. The first kappa shape index (κ1) is 17.8. The first-order chi connectivity index (χ1) is 13.4. The second-order valence-electron chi connectivity index (χ2n) is 8.60. The number of pyridine rings is 1. The zero-order valence-electron chi connectivity index (χ0n) is 16.8. The summed E-state index contributed by atoms with van der Waals surface area (Å²) in [5, 5.41) is 4.04. The SMILES string of the molecule is Cc1cc2c(C)c3ccc(Br)[nH]c3cc2c1C(C)(C)C1=Cc2ccccc2C1. The van der Waals surface area contributed by atoms with Crippen molar-refractivity contribution in [3.63, 3.8) is 0 Å². The summed E-state index contributed by atoms with van der Waals surface area (Å²) in [5.41, 5.74) is 9.68. The number of rotatable bonds is 2. The molecule has 1 N–H and O–H groups in total. The summed E-state index contributed by atoms with van der Waals surface area (Å²) in [6.45, 7) is 9.28. The molecule has 0 bridgehead atoms. The Kier molecular flexibility index (Phi) is 3.86. The normalized spacial score (nSPS) is 14.0. The van der Waals surface area contributed by atoms with E-state index in [9.17, 15) is 0 Å². The molecule has 3 aromatic carbocycles. The Morgan fingerprint density at radius 2 is 1.71 bits per heavy atom. The van der Waals surface area contributed by atoms with Crippen molar-refractivity contribution in [1.29, 1.82) is 0 Å². The van der Waals surface area contributed by atoms with E-state index in [0.717, 1.165) is 11.0 Å². The van der Waals surface area contributed by atoms with Gasteiger partial charge in [-0.1, -0.05) is 55.8 Å². The number of halogens is 1. The zero-order valence-corrected chi connectivity index (χ0v) is 18.4. The van der Waals surface area contributed by atoms with E-state index in [-0.39, 0.29) is 5.41 Å². The lowest BCUT2D eigenvalue weighted by Crippen LogP contribution is -2.21. The predicted octanol–water partition coefficient (Wildman–Crippen LogP) is 7.62. The molecule has 1 aliphatic carbocycles. The number of hydrogen-bond donors (Lipinski definition) is 1. The highest BCUT2D eigenvalue weighted by Gasteiger charge is 2.32. The van der Waals surface area contributed by atoms with Gasteiger partial charge in [0.25, 0.3) is 0 Å². The lowest BCUT2D eigenvalue weighted by molar-refractivity contribution is 0.618. The molecule has 0 saturated heterocycles. The van der Waals surface area contributed by atoms with E-state index >= 15 is 0 Å². The highest BCUT2D eigenvalue weighted by molar-refractivity contribution is 9.10. The van der Waals surface area contributed by atoms with Crippen LogP contribution in [0.2, 0.25) is 0 Å². The van der Waals surface area contributed by atoms with Gasteiger partial charge in [-0.25, -0.2) is 0 Å². The van der Waals surface area contributed by atoms with Crippen molar-refractivity contribution < 1.29 is 0 Å². The Morgan fingerprint density at radius 3 is 2.50 bits per heavy atom. The van der Waals surface area contributed by atoms with Crippen LogP contribution in [0.3, 0.4) is 0 Å². The minimum absolute atomic E-state index is 0.0169. The van der Waals surface area contributed by atoms with E-state index in [1.165, 1.54) is 55.1 Å². The molecule has 0 saturated carbocycles. The van der Waals surface area contributed by atoms with Gasteiger partial charge in [-0.3, -0.25) is 0 Å². The van der Waals surface area contributed by atoms with Crippen molar-refractivity contribution in [3.8, 4) is 0 Å². The maximum Gasteiger partial charge on any atom is 0.0824 e. The highest BCUT2D eigenvalue weighted by atomic mass is 79.9. The van der Waals surface area contributed by atoms with Crippen LogP contribution in [0.25, 0.3) is 27.8 Å². The molecule has 5 rings (SSSR count). The molecule has 28 heavy (non-hydrogen) atoms. The van der Waals surface area contributed by atoms with Crippen LogP contribution in [0.4, 0.5) is 0 Å².